The molecule has 0 atom stereocenters. The summed E-state index contributed by atoms with van der Waals surface area (Å²) in [7, 11) is 0. The maximum Gasteiger partial charge on any atom is 0.338 e. The minimum absolute atomic E-state index is 0.296. The average molecular weight is 194 g/mol. The number of rotatable bonds is 4. The smallest absolute Gasteiger partial charge is 0.338 e. The van der Waals surface area contributed by atoms with Gasteiger partial charge in [-0.25, -0.2) is 4.79 Å². The van der Waals surface area contributed by atoms with Crippen molar-refractivity contribution in [3.63, 3.8) is 0 Å². The SMILES string of the molecule is CCOC(=O)c1ccc(OCC)cc1. The van der Waals surface area contributed by atoms with Gasteiger partial charge >= 0.3 is 5.97 Å². The lowest BCUT2D eigenvalue weighted by Crippen LogP contribution is -2.04. The van der Waals surface area contributed by atoms with Gasteiger partial charge in [-0.15, -0.1) is 0 Å². The molecule has 0 radical (unpaired) electrons. The van der Waals surface area contributed by atoms with Crippen LogP contribution >= 0.6 is 0 Å². The molecule has 0 bridgehead atoms. The molecule has 0 aromatic heterocycles. The highest BCUT2D eigenvalue weighted by atomic mass is 16.5. The van der Waals surface area contributed by atoms with Crippen molar-refractivity contribution in [2.75, 3.05) is 13.2 Å². The van der Waals surface area contributed by atoms with Gasteiger partial charge < -0.3 is 9.47 Å². The van der Waals surface area contributed by atoms with Crippen LogP contribution in [0.2, 0.25) is 0 Å². The molecular weight excluding hydrogens is 180 g/mol. The second-order valence-electron chi connectivity index (χ2n) is 2.68. The van der Waals surface area contributed by atoms with Gasteiger partial charge in [-0.2, -0.15) is 0 Å². The minimum Gasteiger partial charge on any atom is -0.494 e. The maximum atomic E-state index is 11.3. The van der Waals surface area contributed by atoms with E-state index in [0.717, 1.165) is 5.75 Å². The van der Waals surface area contributed by atoms with Crippen molar-refractivity contribution in [2.45, 2.75) is 13.8 Å². The van der Waals surface area contributed by atoms with Crippen LogP contribution in [0.5, 0.6) is 5.75 Å². The number of carbonyl (C=O) groups excluding carboxylic acids is 1. The number of esters is 1. The first-order chi connectivity index (χ1) is 6.77. The Balaban J connectivity index is 2.67. The Kier molecular flexibility index (Phi) is 3.98. The maximum absolute atomic E-state index is 11.3. The molecule has 0 N–H and O–H groups in total. The van der Waals surface area contributed by atoms with Crippen molar-refractivity contribution in [1.29, 1.82) is 0 Å². The van der Waals surface area contributed by atoms with Gasteiger partial charge in [-0.05, 0) is 38.1 Å². The number of carbonyl (C=O) groups is 1. The highest BCUT2D eigenvalue weighted by Crippen LogP contribution is 2.12. The predicted octanol–water partition coefficient (Wildman–Crippen LogP) is 2.26. The summed E-state index contributed by atoms with van der Waals surface area (Å²) in [6, 6.07) is 6.91. The highest BCUT2D eigenvalue weighted by Gasteiger charge is 2.05. The average Bonchev–Trinajstić information content (AvgIpc) is 2.20. The van der Waals surface area contributed by atoms with Gasteiger partial charge in [-0.1, -0.05) is 0 Å². The Morgan fingerprint density at radius 1 is 1.14 bits per heavy atom. The molecule has 1 aromatic rings. The molecule has 0 heterocycles. The molecule has 0 aliphatic carbocycles. The van der Waals surface area contributed by atoms with Crippen LogP contribution in [0.15, 0.2) is 24.3 Å². The fourth-order valence-electron chi connectivity index (χ4n) is 1.07. The zero-order valence-corrected chi connectivity index (χ0v) is 8.45. The van der Waals surface area contributed by atoms with Crippen molar-refractivity contribution in [3.8, 4) is 5.75 Å². The number of benzene rings is 1. The van der Waals surface area contributed by atoms with Crippen LogP contribution in [-0.4, -0.2) is 19.2 Å². The lowest BCUT2D eigenvalue weighted by atomic mass is 10.2. The Morgan fingerprint density at radius 3 is 2.29 bits per heavy atom. The monoisotopic (exact) mass is 194 g/mol. The number of ether oxygens (including phenoxy) is 2. The van der Waals surface area contributed by atoms with Crippen LogP contribution in [0.1, 0.15) is 24.2 Å². The minimum atomic E-state index is -0.296. The fourth-order valence-corrected chi connectivity index (χ4v) is 1.07. The molecule has 0 amide bonds. The Hall–Kier alpha value is -1.51. The van der Waals surface area contributed by atoms with Crippen LogP contribution in [0, 0.1) is 0 Å². The van der Waals surface area contributed by atoms with Gasteiger partial charge in [0.15, 0.2) is 0 Å². The molecule has 1 rings (SSSR count). The van der Waals surface area contributed by atoms with E-state index < -0.39 is 0 Å². The van der Waals surface area contributed by atoms with E-state index >= 15 is 0 Å². The van der Waals surface area contributed by atoms with Crippen molar-refractivity contribution in [2.24, 2.45) is 0 Å². The van der Waals surface area contributed by atoms with E-state index in [2.05, 4.69) is 0 Å². The lowest BCUT2D eigenvalue weighted by Gasteiger charge is -2.04. The van der Waals surface area contributed by atoms with Crippen LogP contribution in [-0.2, 0) is 4.74 Å². The first kappa shape index (κ1) is 10.6. The normalized spacial score (nSPS) is 9.57. The molecule has 1 aromatic carbocycles. The zero-order valence-electron chi connectivity index (χ0n) is 8.45. The summed E-state index contributed by atoms with van der Waals surface area (Å²) in [5, 5.41) is 0. The molecule has 0 spiro atoms. The molecular formula is C11H14O3. The topological polar surface area (TPSA) is 35.5 Å². The second kappa shape index (κ2) is 5.27. The molecule has 14 heavy (non-hydrogen) atoms. The van der Waals surface area contributed by atoms with Gasteiger partial charge in [0.1, 0.15) is 5.75 Å². The molecule has 0 fully saturated rings. The molecule has 0 unspecified atom stereocenters. The highest BCUT2D eigenvalue weighted by molar-refractivity contribution is 5.89. The summed E-state index contributed by atoms with van der Waals surface area (Å²) in [5.74, 6) is 0.469. The van der Waals surface area contributed by atoms with E-state index in [4.69, 9.17) is 9.47 Å². The van der Waals surface area contributed by atoms with Crippen LogP contribution in [0.3, 0.4) is 0 Å². The van der Waals surface area contributed by atoms with Gasteiger partial charge in [0.2, 0.25) is 0 Å². The Bertz CT molecular complexity index is 290. The van der Waals surface area contributed by atoms with Crippen molar-refractivity contribution in [1.82, 2.24) is 0 Å². The third kappa shape index (κ3) is 2.76. The van der Waals surface area contributed by atoms with E-state index in [1.807, 2.05) is 6.92 Å². The van der Waals surface area contributed by atoms with Gasteiger partial charge in [-0.3, -0.25) is 0 Å². The molecule has 0 aliphatic heterocycles. The molecule has 3 heteroatoms. The van der Waals surface area contributed by atoms with E-state index in [0.29, 0.717) is 18.8 Å². The summed E-state index contributed by atoms with van der Waals surface area (Å²) in [4.78, 5) is 11.3. The number of hydrogen-bond donors (Lipinski definition) is 0. The predicted molar refractivity (Wildman–Crippen MR) is 53.6 cm³/mol. The first-order valence-corrected chi connectivity index (χ1v) is 4.68. The molecule has 0 aliphatic rings. The van der Waals surface area contributed by atoms with Gasteiger partial charge in [0.05, 0.1) is 18.8 Å². The van der Waals surface area contributed by atoms with Crippen LogP contribution in [0.4, 0.5) is 0 Å². The van der Waals surface area contributed by atoms with E-state index in [9.17, 15) is 4.79 Å². The summed E-state index contributed by atoms with van der Waals surface area (Å²) in [6.07, 6.45) is 0. The van der Waals surface area contributed by atoms with E-state index in [-0.39, 0.29) is 5.97 Å². The second-order valence-corrected chi connectivity index (χ2v) is 2.68. The largest absolute Gasteiger partial charge is 0.494 e. The summed E-state index contributed by atoms with van der Waals surface area (Å²) in [5.41, 5.74) is 0.551. The lowest BCUT2D eigenvalue weighted by molar-refractivity contribution is 0.0526. The quantitative estimate of drug-likeness (QED) is 0.690. The van der Waals surface area contributed by atoms with Gasteiger partial charge in [0.25, 0.3) is 0 Å². The fraction of sp³-hybridized carbons (Fsp3) is 0.364. The summed E-state index contributed by atoms with van der Waals surface area (Å²) < 4.78 is 10.1. The summed E-state index contributed by atoms with van der Waals surface area (Å²) in [6.45, 7) is 4.72. The Labute approximate surface area is 83.6 Å². The van der Waals surface area contributed by atoms with Crippen LogP contribution in [0.25, 0.3) is 0 Å². The van der Waals surface area contributed by atoms with Crippen molar-refractivity contribution < 1.29 is 14.3 Å². The Morgan fingerprint density at radius 2 is 1.79 bits per heavy atom. The molecule has 76 valence electrons. The molecule has 3 nitrogen and oxygen atoms in total. The number of hydrogen-bond acceptors (Lipinski definition) is 3. The van der Waals surface area contributed by atoms with E-state index in [1.165, 1.54) is 0 Å². The van der Waals surface area contributed by atoms with E-state index in [1.54, 1.807) is 31.2 Å². The summed E-state index contributed by atoms with van der Waals surface area (Å²) >= 11 is 0. The third-order valence-corrected chi connectivity index (χ3v) is 1.68. The van der Waals surface area contributed by atoms with Gasteiger partial charge in [0, 0.05) is 0 Å². The molecule has 0 saturated heterocycles. The standard InChI is InChI=1S/C11H14O3/c1-3-13-10-7-5-9(6-8-10)11(12)14-4-2/h5-8H,3-4H2,1-2H3. The molecule has 0 saturated carbocycles. The van der Waals surface area contributed by atoms with Crippen molar-refractivity contribution in [3.05, 3.63) is 29.8 Å². The van der Waals surface area contributed by atoms with Crippen LogP contribution < -0.4 is 4.74 Å². The van der Waals surface area contributed by atoms with Crippen molar-refractivity contribution >= 4 is 5.97 Å². The third-order valence-electron chi connectivity index (χ3n) is 1.68. The first-order valence-electron chi connectivity index (χ1n) is 4.68. The zero-order chi connectivity index (χ0) is 10.4.